The zero-order chi connectivity index (χ0) is 45.7. The van der Waals surface area contributed by atoms with Gasteiger partial charge < -0.3 is 27.9 Å². The second kappa shape index (κ2) is 43.4. The summed E-state index contributed by atoms with van der Waals surface area (Å²) in [5, 5.41) is 0. The van der Waals surface area contributed by atoms with Gasteiger partial charge >= 0.3 is 11.9 Å². The van der Waals surface area contributed by atoms with Crippen LogP contribution in [0.25, 0.3) is 0 Å². The molecule has 0 radical (unpaired) electrons. The molecule has 0 aliphatic rings. The van der Waals surface area contributed by atoms with Gasteiger partial charge in [0, 0.05) is 12.8 Å². The van der Waals surface area contributed by atoms with Crippen molar-refractivity contribution in [1.29, 1.82) is 0 Å². The van der Waals surface area contributed by atoms with Crippen LogP contribution in [0, 0.1) is 0 Å². The summed E-state index contributed by atoms with van der Waals surface area (Å²) in [5.41, 5.74) is 0. The summed E-state index contributed by atoms with van der Waals surface area (Å²) in [6.07, 6.45) is 56.1. The van der Waals surface area contributed by atoms with Crippen molar-refractivity contribution in [2.24, 2.45) is 0 Å². The van der Waals surface area contributed by atoms with Gasteiger partial charge in [-0.2, -0.15) is 0 Å². The summed E-state index contributed by atoms with van der Waals surface area (Å²) >= 11 is 0. The van der Waals surface area contributed by atoms with E-state index in [4.69, 9.17) is 18.5 Å². The number of carbonyl (C=O) groups excluding carboxylic acids is 2. The van der Waals surface area contributed by atoms with E-state index in [2.05, 4.69) is 98.9 Å². The molecule has 62 heavy (non-hydrogen) atoms. The Kier molecular flexibility index (Phi) is 41.5. The van der Waals surface area contributed by atoms with Crippen LogP contribution in [-0.4, -0.2) is 70.0 Å². The topological polar surface area (TPSA) is 111 Å². The smallest absolute Gasteiger partial charge is 0.306 e. The molecule has 0 N–H and O–H groups in total. The predicted molar refractivity (Wildman–Crippen MR) is 259 cm³/mol. The fraction of sp³-hybridized carbons (Fsp3) is 0.692. The van der Waals surface area contributed by atoms with Crippen LogP contribution in [0.2, 0.25) is 0 Å². The van der Waals surface area contributed by atoms with Crippen molar-refractivity contribution in [3.8, 4) is 0 Å². The SMILES string of the molecule is CC/C=C\C/C=C\C/C=C\C/C=C\C/C=C\C/C=C\CCCCC(=O)OC(COC(=O)CCCCCCCCC/C=C\CCCCCCCC)COP(=O)([O-])OCC[N+](C)(C)C. The highest BCUT2D eigenvalue weighted by Crippen LogP contribution is 2.38. The minimum absolute atomic E-state index is 0.0445. The van der Waals surface area contributed by atoms with Gasteiger partial charge in [-0.3, -0.25) is 14.2 Å². The number of hydrogen-bond donors (Lipinski definition) is 0. The molecule has 0 saturated heterocycles. The van der Waals surface area contributed by atoms with Crippen molar-refractivity contribution >= 4 is 19.8 Å². The third kappa shape index (κ3) is 46.7. The lowest BCUT2D eigenvalue weighted by Crippen LogP contribution is -2.37. The summed E-state index contributed by atoms with van der Waals surface area (Å²) in [7, 11) is 1.12. The Labute approximate surface area is 380 Å². The zero-order valence-electron chi connectivity index (χ0n) is 40.0. The molecule has 0 amide bonds. The molecule has 2 unspecified atom stereocenters. The van der Waals surface area contributed by atoms with Gasteiger partial charge in [-0.25, -0.2) is 0 Å². The third-order valence-corrected chi connectivity index (χ3v) is 10.9. The number of esters is 2. The lowest BCUT2D eigenvalue weighted by molar-refractivity contribution is -0.870. The van der Waals surface area contributed by atoms with Gasteiger partial charge in [0.15, 0.2) is 6.10 Å². The Bertz CT molecular complexity index is 1330. The van der Waals surface area contributed by atoms with Gasteiger partial charge in [0.05, 0.1) is 27.7 Å². The standard InChI is InChI=1S/C52H90NO8P/c1-6-8-10-12-14-16-18-20-22-24-25-26-27-29-31-33-35-37-39-41-43-45-52(55)61-50(49-60-62(56,57)59-47-46-53(3,4)5)48-58-51(54)44-42-40-38-36-34-32-30-28-23-21-19-17-15-13-11-9-7-2/h8,10,14,16,20-23,25-26,29,31,35,37,50H,6-7,9,11-13,15,17-19,24,27-28,30,32-34,36,38-49H2,1-5H3/b10-8-,16-14-,22-20-,23-21-,26-25-,31-29-,37-35-. The number of phosphoric acid groups is 1. The molecule has 0 rings (SSSR count). The molecule has 0 aromatic rings. The average molecular weight is 888 g/mol. The number of allylic oxidation sites excluding steroid dienone is 14. The van der Waals surface area contributed by atoms with Crippen LogP contribution in [0.4, 0.5) is 0 Å². The number of likely N-dealkylation sites (N-methyl/N-ethyl adjacent to an activating group) is 1. The summed E-state index contributed by atoms with van der Waals surface area (Å²) in [4.78, 5) is 37.6. The normalized spacial score (nSPS) is 14.2. The third-order valence-electron chi connectivity index (χ3n) is 9.90. The van der Waals surface area contributed by atoms with Crippen molar-refractivity contribution < 1.29 is 42.1 Å². The number of hydrogen-bond acceptors (Lipinski definition) is 8. The van der Waals surface area contributed by atoms with E-state index < -0.39 is 32.5 Å². The molecule has 0 spiro atoms. The van der Waals surface area contributed by atoms with Gasteiger partial charge in [-0.15, -0.1) is 0 Å². The van der Waals surface area contributed by atoms with Crippen molar-refractivity contribution in [3.05, 3.63) is 85.1 Å². The van der Waals surface area contributed by atoms with Crippen LogP contribution in [-0.2, 0) is 32.7 Å². The molecule has 356 valence electrons. The monoisotopic (exact) mass is 888 g/mol. The molecule has 0 aliphatic heterocycles. The maximum atomic E-state index is 12.7. The van der Waals surface area contributed by atoms with Crippen LogP contribution >= 0.6 is 7.82 Å². The van der Waals surface area contributed by atoms with Gasteiger partial charge in [-0.05, 0) is 89.9 Å². The summed E-state index contributed by atoms with van der Waals surface area (Å²) in [6.45, 7) is 4.04. The molecule has 2 atom stereocenters. The van der Waals surface area contributed by atoms with Crippen LogP contribution in [0.1, 0.15) is 181 Å². The summed E-state index contributed by atoms with van der Waals surface area (Å²) in [6, 6.07) is 0. The molecule has 10 heteroatoms. The van der Waals surface area contributed by atoms with Crippen molar-refractivity contribution in [2.45, 2.75) is 187 Å². The summed E-state index contributed by atoms with van der Waals surface area (Å²) < 4.78 is 33.9. The number of carbonyl (C=O) groups is 2. The first-order chi connectivity index (χ1) is 30.0. The van der Waals surface area contributed by atoms with E-state index in [0.717, 1.165) is 77.0 Å². The molecule has 0 saturated carbocycles. The maximum absolute atomic E-state index is 12.7. The number of quaternary nitrogens is 1. The molecule has 0 aromatic heterocycles. The van der Waals surface area contributed by atoms with Gasteiger partial charge in [0.1, 0.15) is 19.8 Å². The molecular formula is C52H90NO8P. The van der Waals surface area contributed by atoms with E-state index in [0.29, 0.717) is 23.9 Å². The molecule has 0 heterocycles. The van der Waals surface area contributed by atoms with E-state index >= 15 is 0 Å². The Morgan fingerprint density at radius 2 is 0.919 bits per heavy atom. The van der Waals surface area contributed by atoms with Gasteiger partial charge in [0.2, 0.25) is 0 Å². The predicted octanol–water partition coefficient (Wildman–Crippen LogP) is 13.7. The number of phosphoric ester groups is 1. The number of rotatable bonds is 43. The zero-order valence-corrected chi connectivity index (χ0v) is 40.9. The lowest BCUT2D eigenvalue weighted by Gasteiger charge is -2.28. The molecular weight excluding hydrogens is 798 g/mol. The first-order valence-corrected chi connectivity index (χ1v) is 25.8. The van der Waals surface area contributed by atoms with E-state index in [1.165, 1.54) is 64.2 Å². The first-order valence-electron chi connectivity index (χ1n) is 24.3. The minimum atomic E-state index is -4.65. The van der Waals surface area contributed by atoms with Gasteiger partial charge in [-0.1, -0.05) is 163 Å². The molecule has 9 nitrogen and oxygen atoms in total. The second-order valence-corrected chi connectivity index (χ2v) is 18.5. The number of nitrogens with zero attached hydrogens (tertiary/aromatic N) is 1. The number of ether oxygens (including phenoxy) is 2. The van der Waals surface area contributed by atoms with Crippen LogP contribution in [0.3, 0.4) is 0 Å². The Balaban J connectivity index is 4.41. The van der Waals surface area contributed by atoms with Crippen LogP contribution in [0.15, 0.2) is 85.1 Å². The van der Waals surface area contributed by atoms with Crippen molar-refractivity contribution in [1.82, 2.24) is 0 Å². The Morgan fingerprint density at radius 1 is 0.516 bits per heavy atom. The fourth-order valence-electron chi connectivity index (χ4n) is 6.12. The largest absolute Gasteiger partial charge is 0.756 e. The molecule has 0 aliphatic carbocycles. The first kappa shape index (κ1) is 59.2. The Morgan fingerprint density at radius 3 is 1.42 bits per heavy atom. The van der Waals surface area contributed by atoms with Crippen molar-refractivity contribution in [2.75, 3.05) is 47.5 Å². The van der Waals surface area contributed by atoms with E-state index in [1.807, 2.05) is 21.1 Å². The maximum Gasteiger partial charge on any atom is 0.306 e. The fourth-order valence-corrected chi connectivity index (χ4v) is 6.85. The van der Waals surface area contributed by atoms with Crippen LogP contribution < -0.4 is 4.89 Å². The highest BCUT2D eigenvalue weighted by molar-refractivity contribution is 7.45. The average Bonchev–Trinajstić information content (AvgIpc) is 3.23. The lowest BCUT2D eigenvalue weighted by atomic mass is 10.1. The minimum Gasteiger partial charge on any atom is -0.756 e. The molecule has 0 fully saturated rings. The van der Waals surface area contributed by atoms with E-state index in [1.54, 1.807) is 0 Å². The highest BCUT2D eigenvalue weighted by Gasteiger charge is 2.21. The Hall–Kier alpha value is -2.81. The van der Waals surface area contributed by atoms with Gasteiger partial charge in [0.25, 0.3) is 7.82 Å². The van der Waals surface area contributed by atoms with E-state index in [9.17, 15) is 19.0 Å². The molecule has 0 bridgehead atoms. The summed E-state index contributed by atoms with van der Waals surface area (Å²) in [5.74, 6) is -0.895. The molecule has 0 aromatic carbocycles. The van der Waals surface area contributed by atoms with E-state index in [-0.39, 0.29) is 26.1 Å². The highest BCUT2D eigenvalue weighted by atomic mass is 31.2. The van der Waals surface area contributed by atoms with Crippen LogP contribution in [0.5, 0.6) is 0 Å². The number of unbranched alkanes of at least 4 members (excludes halogenated alkanes) is 15. The van der Waals surface area contributed by atoms with Crippen molar-refractivity contribution in [3.63, 3.8) is 0 Å². The quantitative estimate of drug-likeness (QED) is 0.0196. The second-order valence-electron chi connectivity index (χ2n) is 17.1.